The molecule has 6 heteroatoms. The fourth-order valence-electron chi connectivity index (χ4n) is 2.71. The number of hydrogen-bond acceptors (Lipinski definition) is 5. The number of carbonyl (C=O) groups is 1. The number of aliphatic carboxylic acids is 1. The molecule has 3 rings (SSSR count). The number of pyridine rings is 1. The summed E-state index contributed by atoms with van der Waals surface area (Å²) < 4.78 is 0. The van der Waals surface area contributed by atoms with Gasteiger partial charge < -0.3 is 10.0 Å². The van der Waals surface area contributed by atoms with Crippen LogP contribution >= 0.6 is 0 Å². The number of hydrogen-bond donors (Lipinski definition) is 1. The van der Waals surface area contributed by atoms with Crippen LogP contribution in [0.3, 0.4) is 0 Å². The number of aromatic nitrogens is 3. The molecule has 1 saturated heterocycles. The fraction of sp³-hybridized carbons (Fsp3) is 0.375. The van der Waals surface area contributed by atoms with Gasteiger partial charge in [-0.25, -0.2) is 9.97 Å². The van der Waals surface area contributed by atoms with Crippen LogP contribution in [-0.2, 0) is 4.79 Å². The number of aryl methyl sites for hydroxylation is 1. The number of carboxylic acid groups (broad SMARTS) is 1. The minimum Gasteiger partial charge on any atom is -0.481 e. The van der Waals surface area contributed by atoms with Crippen molar-refractivity contribution in [2.24, 2.45) is 5.92 Å². The maximum Gasteiger partial charge on any atom is 0.306 e. The molecule has 2 aromatic rings. The Morgan fingerprint density at radius 2 is 2.00 bits per heavy atom. The van der Waals surface area contributed by atoms with E-state index in [1.165, 1.54) is 0 Å². The summed E-state index contributed by atoms with van der Waals surface area (Å²) in [6.45, 7) is 3.27. The standard InChI is InChI=1S/C16H18N4O2/c1-11-18-14(13-4-2-3-7-17-13)10-15(19-11)20-8-5-12(6-9-20)16(21)22/h2-4,7,10,12H,5-6,8-9H2,1H3,(H,21,22). The van der Waals surface area contributed by atoms with E-state index >= 15 is 0 Å². The summed E-state index contributed by atoms with van der Waals surface area (Å²) in [5.74, 6) is 0.595. The average Bonchev–Trinajstić information content (AvgIpc) is 2.55. The zero-order valence-electron chi connectivity index (χ0n) is 12.4. The Kier molecular flexibility index (Phi) is 4.00. The lowest BCUT2D eigenvalue weighted by Crippen LogP contribution is -2.36. The lowest BCUT2D eigenvalue weighted by molar-refractivity contribution is -0.142. The van der Waals surface area contributed by atoms with Gasteiger partial charge in [0.05, 0.1) is 17.3 Å². The van der Waals surface area contributed by atoms with Gasteiger partial charge in [0, 0.05) is 25.4 Å². The van der Waals surface area contributed by atoms with E-state index in [1.54, 1.807) is 6.20 Å². The van der Waals surface area contributed by atoms with Crippen LogP contribution < -0.4 is 4.90 Å². The monoisotopic (exact) mass is 298 g/mol. The van der Waals surface area contributed by atoms with Gasteiger partial charge in [-0.2, -0.15) is 0 Å². The van der Waals surface area contributed by atoms with Crippen molar-refractivity contribution in [3.63, 3.8) is 0 Å². The molecule has 22 heavy (non-hydrogen) atoms. The van der Waals surface area contributed by atoms with Crippen molar-refractivity contribution in [2.45, 2.75) is 19.8 Å². The molecule has 3 heterocycles. The highest BCUT2D eigenvalue weighted by atomic mass is 16.4. The Hall–Kier alpha value is -2.50. The van der Waals surface area contributed by atoms with E-state index in [2.05, 4.69) is 19.9 Å². The molecular formula is C16H18N4O2. The number of rotatable bonds is 3. The number of carboxylic acids is 1. The van der Waals surface area contributed by atoms with Crippen molar-refractivity contribution in [1.82, 2.24) is 15.0 Å². The molecule has 0 spiro atoms. The lowest BCUT2D eigenvalue weighted by Gasteiger charge is -2.31. The van der Waals surface area contributed by atoms with E-state index in [-0.39, 0.29) is 5.92 Å². The van der Waals surface area contributed by atoms with Gasteiger partial charge in [0.2, 0.25) is 0 Å². The molecule has 0 aromatic carbocycles. The Morgan fingerprint density at radius 1 is 1.23 bits per heavy atom. The number of piperidine rings is 1. The van der Waals surface area contributed by atoms with Crippen LogP contribution in [0.2, 0.25) is 0 Å². The van der Waals surface area contributed by atoms with Crippen molar-refractivity contribution in [1.29, 1.82) is 0 Å². The predicted octanol–water partition coefficient (Wildman–Crippen LogP) is 2.15. The quantitative estimate of drug-likeness (QED) is 0.935. The summed E-state index contributed by atoms with van der Waals surface area (Å²) in [7, 11) is 0. The highest BCUT2D eigenvalue weighted by molar-refractivity contribution is 5.70. The largest absolute Gasteiger partial charge is 0.481 e. The second-order valence-corrected chi connectivity index (χ2v) is 5.47. The van der Waals surface area contributed by atoms with E-state index in [0.717, 1.165) is 17.2 Å². The molecule has 1 fully saturated rings. The molecule has 0 atom stereocenters. The summed E-state index contributed by atoms with van der Waals surface area (Å²) >= 11 is 0. The van der Waals surface area contributed by atoms with Gasteiger partial charge in [0.15, 0.2) is 0 Å². The van der Waals surface area contributed by atoms with Crippen LogP contribution in [0.5, 0.6) is 0 Å². The first kappa shape index (κ1) is 14.4. The third-order valence-electron chi connectivity index (χ3n) is 3.92. The summed E-state index contributed by atoms with van der Waals surface area (Å²) in [4.78, 5) is 26.4. The highest BCUT2D eigenvalue weighted by Crippen LogP contribution is 2.25. The number of nitrogens with zero attached hydrogens (tertiary/aromatic N) is 4. The van der Waals surface area contributed by atoms with Crippen molar-refractivity contribution < 1.29 is 9.90 Å². The maximum absolute atomic E-state index is 11.0. The SMILES string of the molecule is Cc1nc(-c2ccccn2)cc(N2CCC(C(=O)O)CC2)n1. The zero-order valence-corrected chi connectivity index (χ0v) is 12.4. The molecule has 2 aromatic heterocycles. The van der Waals surface area contributed by atoms with Crippen molar-refractivity contribution >= 4 is 11.8 Å². The van der Waals surface area contributed by atoms with Crippen LogP contribution in [0.25, 0.3) is 11.4 Å². The lowest BCUT2D eigenvalue weighted by atomic mass is 9.97. The number of anilines is 1. The van der Waals surface area contributed by atoms with E-state index in [0.29, 0.717) is 31.8 Å². The third-order valence-corrected chi connectivity index (χ3v) is 3.92. The van der Waals surface area contributed by atoms with Gasteiger partial charge >= 0.3 is 5.97 Å². The second kappa shape index (κ2) is 6.09. The zero-order chi connectivity index (χ0) is 15.5. The maximum atomic E-state index is 11.0. The summed E-state index contributed by atoms with van der Waals surface area (Å²) in [6.07, 6.45) is 3.04. The predicted molar refractivity (Wildman–Crippen MR) is 82.6 cm³/mol. The Morgan fingerprint density at radius 3 is 2.64 bits per heavy atom. The molecule has 1 aliphatic rings. The normalized spacial score (nSPS) is 15.8. The second-order valence-electron chi connectivity index (χ2n) is 5.47. The summed E-state index contributed by atoms with van der Waals surface area (Å²) in [5.41, 5.74) is 1.61. The topological polar surface area (TPSA) is 79.2 Å². The Labute approximate surface area is 128 Å². The first-order valence-corrected chi connectivity index (χ1v) is 7.38. The molecule has 1 aliphatic heterocycles. The van der Waals surface area contributed by atoms with Crippen LogP contribution in [0.15, 0.2) is 30.5 Å². The summed E-state index contributed by atoms with van der Waals surface area (Å²) in [6, 6.07) is 7.64. The Balaban J connectivity index is 1.83. The molecule has 0 bridgehead atoms. The summed E-state index contributed by atoms with van der Waals surface area (Å²) in [5, 5.41) is 9.08. The smallest absolute Gasteiger partial charge is 0.306 e. The van der Waals surface area contributed by atoms with Crippen LogP contribution in [0.1, 0.15) is 18.7 Å². The van der Waals surface area contributed by atoms with Crippen LogP contribution in [-0.4, -0.2) is 39.1 Å². The van der Waals surface area contributed by atoms with Crippen molar-refractivity contribution in [2.75, 3.05) is 18.0 Å². The van der Waals surface area contributed by atoms with Crippen LogP contribution in [0, 0.1) is 12.8 Å². The first-order chi connectivity index (χ1) is 10.6. The van der Waals surface area contributed by atoms with Gasteiger partial charge in [-0.1, -0.05) is 6.07 Å². The molecular weight excluding hydrogens is 280 g/mol. The molecule has 0 amide bonds. The van der Waals surface area contributed by atoms with Gasteiger partial charge in [0.1, 0.15) is 11.6 Å². The molecule has 0 unspecified atom stereocenters. The average molecular weight is 298 g/mol. The molecule has 114 valence electrons. The van der Waals surface area contributed by atoms with Crippen molar-refractivity contribution in [3.05, 3.63) is 36.3 Å². The van der Waals surface area contributed by atoms with E-state index in [4.69, 9.17) is 5.11 Å². The molecule has 0 saturated carbocycles. The van der Waals surface area contributed by atoms with Crippen LogP contribution in [0.4, 0.5) is 5.82 Å². The minimum absolute atomic E-state index is 0.241. The highest BCUT2D eigenvalue weighted by Gasteiger charge is 2.25. The Bertz CT molecular complexity index is 667. The molecule has 0 aliphatic carbocycles. The van der Waals surface area contributed by atoms with Gasteiger partial charge in [-0.15, -0.1) is 0 Å². The third kappa shape index (κ3) is 3.05. The van der Waals surface area contributed by atoms with Gasteiger partial charge in [0.25, 0.3) is 0 Å². The fourth-order valence-corrected chi connectivity index (χ4v) is 2.71. The molecule has 6 nitrogen and oxygen atoms in total. The minimum atomic E-state index is -0.701. The molecule has 0 radical (unpaired) electrons. The van der Waals surface area contributed by atoms with Crippen molar-refractivity contribution in [3.8, 4) is 11.4 Å². The van der Waals surface area contributed by atoms with E-state index in [9.17, 15) is 4.79 Å². The first-order valence-electron chi connectivity index (χ1n) is 7.38. The van der Waals surface area contributed by atoms with Gasteiger partial charge in [-0.3, -0.25) is 9.78 Å². The van der Waals surface area contributed by atoms with E-state index < -0.39 is 5.97 Å². The van der Waals surface area contributed by atoms with E-state index in [1.807, 2.05) is 31.2 Å². The van der Waals surface area contributed by atoms with Gasteiger partial charge in [-0.05, 0) is 31.9 Å². The molecule has 1 N–H and O–H groups in total.